The Labute approximate surface area is 206 Å². The fourth-order valence-electron chi connectivity index (χ4n) is 4.39. The van der Waals surface area contributed by atoms with Gasteiger partial charge >= 0.3 is 5.97 Å². The summed E-state index contributed by atoms with van der Waals surface area (Å²) in [5, 5.41) is 3.07. The van der Waals surface area contributed by atoms with Crippen LogP contribution in [0.3, 0.4) is 0 Å². The van der Waals surface area contributed by atoms with Crippen LogP contribution in [0.4, 0.5) is 0 Å². The number of benzene rings is 2. The molecule has 0 aliphatic heterocycles. The van der Waals surface area contributed by atoms with Crippen LogP contribution >= 0.6 is 23.1 Å². The van der Waals surface area contributed by atoms with E-state index in [-0.39, 0.29) is 17.3 Å². The molecule has 174 valence electrons. The Kier molecular flexibility index (Phi) is 7.11. The molecule has 1 N–H and O–H groups in total. The topological polar surface area (TPSA) is 72.0 Å². The zero-order valence-electron chi connectivity index (χ0n) is 18.8. The largest absolute Gasteiger partial charge is 0.465 e. The summed E-state index contributed by atoms with van der Waals surface area (Å²) in [7, 11) is 0. The van der Waals surface area contributed by atoms with Crippen LogP contribution in [0.1, 0.15) is 36.0 Å². The Balaban J connectivity index is 1.21. The third-order valence-corrected chi connectivity index (χ3v) is 7.84. The molecule has 4 aromatic rings. The second-order valence-corrected chi connectivity index (χ2v) is 10.3. The molecule has 0 amide bonds. The van der Waals surface area contributed by atoms with Gasteiger partial charge in [-0.3, -0.25) is 9.59 Å². The van der Waals surface area contributed by atoms with Crippen molar-refractivity contribution in [1.29, 1.82) is 0 Å². The third-order valence-electron chi connectivity index (χ3n) is 6.12. The molecule has 2 heterocycles. The van der Waals surface area contributed by atoms with Crippen LogP contribution in [-0.4, -0.2) is 28.3 Å². The molecule has 0 bridgehead atoms. The molecule has 0 fully saturated rings. The van der Waals surface area contributed by atoms with Crippen molar-refractivity contribution < 1.29 is 9.53 Å². The van der Waals surface area contributed by atoms with Gasteiger partial charge in [0.15, 0.2) is 5.16 Å². The van der Waals surface area contributed by atoms with E-state index < -0.39 is 0 Å². The highest BCUT2D eigenvalue weighted by Crippen LogP contribution is 2.34. The predicted octanol–water partition coefficient (Wildman–Crippen LogP) is 5.80. The molecule has 7 heteroatoms. The molecule has 2 aromatic carbocycles. The van der Waals surface area contributed by atoms with Crippen LogP contribution in [0, 0.1) is 0 Å². The molecule has 0 spiro atoms. The van der Waals surface area contributed by atoms with Crippen molar-refractivity contribution in [3.8, 4) is 11.1 Å². The first kappa shape index (κ1) is 22.9. The normalized spacial score (nSPS) is 13.1. The molecule has 5 rings (SSSR count). The van der Waals surface area contributed by atoms with E-state index in [0.29, 0.717) is 22.0 Å². The number of thioether (sulfide) groups is 1. The van der Waals surface area contributed by atoms with Crippen molar-refractivity contribution in [3.63, 3.8) is 0 Å². The molecule has 1 aliphatic rings. The van der Waals surface area contributed by atoms with Gasteiger partial charge in [0.1, 0.15) is 4.83 Å². The van der Waals surface area contributed by atoms with E-state index in [9.17, 15) is 9.59 Å². The van der Waals surface area contributed by atoms with Crippen molar-refractivity contribution in [2.75, 3.05) is 12.4 Å². The molecule has 34 heavy (non-hydrogen) atoms. The molecule has 5 nitrogen and oxygen atoms in total. The number of esters is 1. The molecular formula is C27H26N2O3S2. The van der Waals surface area contributed by atoms with Gasteiger partial charge in [0.25, 0.3) is 5.56 Å². The summed E-state index contributed by atoms with van der Waals surface area (Å²) in [6.45, 7) is 0.381. The quantitative estimate of drug-likeness (QED) is 0.146. The number of H-pyrrole nitrogens is 1. The lowest BCUT2D eigenvalue weighted by Crippen LogP contribution is -2.12. The van der Waals surface area contributed by atoms with Gasteiger partial charge in [-0.15, -0.1) is 11.3 Å². The Bertz CT molecular complexity index is 1360. The first-order chi connectivity index (χ1) is 16.7. The SMILES string of the molecule is O=C(CSc1nc2scc(-c3ccc4c(c3)CCCC4)c2c(=O)[nH]1)OCCCc1ccccc1. The number of aromatic amines is 1. The van der Waals surface area contributed by atoms with Crippen LogP contribution in [0.25, 0.3) is 21.3 Å². The maximum Gasteiger partial charge on any atom is 0.316 e. The fourth-order valence-corrected chi connectivity index (χ4v) is 6.05. The summed E-state index contributed by atoms with van der Waals surface area (Å²) in [6.07, 6.45) is 6.36. The molecule has 0 atom stereocenters. The lowest BCUT2D eigenvalue weighted by Gasteiger charge is -2.16. The second kappa shape index (κ2) is 10.6. The van der Waals surface area contributed by atoms with Gasteiger partial charge in [-0.2, -0.15) is 0 Å². The minimum atomic E-state index is -0.304. The number of rotatable bonds is 8. The van der Waals surface area contributed by atoms with E-state index in [1.807, 2.05) is 23.6 Å². The zero-order valence-corrected chi connectivity index (χ0v) is 20.5. The van der Waals surface area contributed by atoms with E-state index in [0.717, 1.165) is 36.8 Å². The summed E-state index contributed by atoms with van der Waals surface area (Å²) in [5.74, 6) is -0.190. The average Bonchev–Trinajstić information content (AvgIpc) is 3.30. The maximum absolute atomic E-state index is 12.9. The second-order valence-electron chi connectivity index (χ2n) is 8.49. The minimum absolute atomic E-state index is 0.114. The Morgan fingerprint density at radius 1 is 1.09 bits per heavy atom. The van der Waals surface area contributed by atoms with E-state index in [2.05, 4.69) is 40.3 Å². The molecule has 0 radical (unpaired) electrons. The Morgan fingerprint density at radius 2 is 1.91 bits per heavy atom. The van der Waals surface area contributed by atoms with Gasteiger partial charge in [0, 0.05) is 10.9 Å². The lowest BCUT2D eigenvalue weighted by molar-refractivity contribution is -0.140. The zero-order chi connectivity index (χ0) is 23.3. The summed E-state index contributed by atoms with van der Waals surface area (Å²) in [6, 6.07) is 16.7. The number of hydrogen-bond donors (Lipinski definition) is 1. The predicted molar refractivity (Wildman–Crippen MR) is 139 cm³/mol. The highest BCUT2D eigenvalue weighted by atomic mass is 32.2. The number of hydrogen-bond acceptors (Lipinski definition) is 6. The fraction of sp³-hybridized carbons (Fsp3) is 0.296. The third kappa shape index (κ3) is 5.26. The first-order valence-electron chi connectivity index (χ1n) is 11.6. The summed E-state index contributed by atoms with van der Waals surface area (Å²) < 4.78 is 5.33. The van der Waals surface area contributed by atoms with E-state index in [1.54, 1.807) is 0 Å². The number of aryl methyl sites for hydroxylation is 3. The van der Waals surface area contributed by atoms with Crippen LogP contribution in [0.2, 0.25) is 0 Å². The van der Waals surface area contributed by atoms with E-state index in [1.165, 1.54) is 52.6 Å². The summed E-state index contributed by atoms with van der Waals surface area (Å²) in [4.78, 5) is 33.2. The van der Waals surface area contributed by atoms with Crippen molar-refractivity contribution in [3.05, 3.63) is 81.0 Å². The van der Waals surface area contributed by atoms with Gasteiger partial charge in [-0.1, -0.05) is 60.3 Å². The molecule has 2 aromatic heterocycles. The van der Waals surface area contributed by atoms with Crippen LogP contribution < -0.4 is 5.56 Å². The van der Waals surface area contributed by atoms with E-state index in [4.69, 9.17) is 4.74 Å². The van der Waals surface area contributed by atoms with Crippen LogP contribution in [0.15, 0.2) is 63.9 Å². The number of carbonyl (C=O) groups is 1. The summed E-state index contributed by atoms with van der Waals surface area (Å²) in [5.41, 5.74) is 5.87. The van der Waals surface area contributed by atoms with Crippen molar-refractivity contribution in [2.24, 2.45) is 0 Å². The number of ether oxygens (including phenoxy) is 1. The maximum atomic E-state index is 12.9. The minimum Gasteiger partial charge on any atom is -0.465 e. The number of aromatic nitrogens is 2. The number of nitrogens with zero attached hydrogens (tertiary/aromatic N) is 1. The number of thiophene rings is 1. The molecule has 0 saturated carbocycles. The van der Waals surface area contributed by atoms with Gasteiger partial charge in [-0.25, -0.2) is 4.98 Å². The van der Waals surface area contributed by atoms with Gasteiger partial charge < -0.3 is 9.72 Å². The monoisotopic (exact) mass is 490 g/mol. The van der Waals surface area contributed by atoms with Gasteiger partial charge in [-0.05, 0) is 60.8 Å². The highest BCUT2D eigenvalue weighted by molar-refractivity contribution is 7.99. The molecule has 0 saturated heterocycles. The van der Waals surface area contributed by atoms with Crippen molar-refractivity contribution >= 4 is 39.3 Å². The highest BCUT2D eigenvalue weighted by Gasteiger charge is 2.16. The molecule has 0 unspecified atom stereocenters. The molecule has 1 aliphatic carbocycles. The van der Waals surface area contributed by atoms with Gasteiger partial charge in [0.05, 0.1) is 17.7 Å². The van der Waals surface area contributed by atoms with Crippen LogP contribution in [0.5, 0.6) is 0 Å². The smallest absolute Gasteiger partial charge is 0.316 e. The van der Waals surface area contributed by atoms with Crippen molar-refractivity contribution in [1.82, 2.24) is 9.97 Å². The van der Waals surface area contributed by atoms with E-state index >= 15 is 0 Å². The average molecular weight is 491 g/mol. The number of fused-ring (bicyclic) bond motifs is 2. The first-order valence-corrected chi connectivity index (χ1v) is 13.5. The number of carbonyl (C=O) groups excluding carboxylic acids is 1. The Morgan fingerprint density at radius 3 is 2.76 bits per heavy atom. The Hall–Kier alpha value is -2.90. The standard InChI is InChI=1S/C27H26N2O3S2/c30-23(32-14-6-9-18-7-2-1-3-8-18)17-34-27-28-25(31)24-22(16-33-26(24)29-27)21-13-12-19-10-4-5-11-20(19)15-21/h1-3,7-8,12-13,15-16H,4-6,9-11,14,17H2,(H,28,29,31). The molecular weight excluding hydrogens is 464 g/mol. The van der Waals surface area contributed by atoms with Crippen molar-refractivity contribution in [2.45, 2.75) is 43.7 Å². The number of nitrogens with one attached hydrogen (secondary N) is 1. The lowest BCUT2D eigenvalue weighted by atomic mass is 9.89. The van der Waals surface area contributed by atoms with Crippen LogP contribution in [-0.2, 0) is 28.8 Å². The van der Waals surface area contributed by atoms with Gasteiger partial charge in [0.2, 0.25) is 0 Å². The summed E-state index contributed by atoms with van der Waals surface area (Å²) >= 11 is 2.66.